The van der Waals surface area contributed by atoms with E-state index in [1.165, 1.54) is 0 Å². The lowest BCUT2D eigenvalue weighted by Gasteiger charge is -2.24. The van der Waals surface area contributed by atoms with Crippen molar-refractivity contribution in [2.24, 2.45) is 0 Å². The molecule has 0 saturated heterocycles. The minimum Gasteiger partial charge on any atom is -0.494 e. The van der Waals surface area contributed by atoms with Crippen molar-refractivity contribution in [2.45, 2.75) is 26.8 Å². The van der Waals surface area contributed by atoms with Crippen LogP contribution in [0.4, 0.5) is 0 Å². The van der Waals surface area contributed by atoms with E-state index in [-0.39, 0.29) is 24.4 Å². The first-order valence-corrected chi connectivity index (χ1v) is 14.3. The van der Waals surface area contributed by atoms with Crippen molar-refractivity contribution in [1.82, 2.24) is 14.5 Å². The zero-order chi connectivity index (χ0) is 29.3. The standard InChI is InChI=1S/C35H35N3O4/c1-3-41-23-22-37(34(39)24-26-14-16-28(17-15-26)27-10-6-5-7-11-27)25-33-36-32-13-9-8-12-31(32)35(40)38(33)29-18-20-30(21-19-29)42-4-2/h5-21H,3-4,22-25H2,1-2H3. The van der Waals surface area contributed by atoms with Crippen LogP contribution in [0, 0.1) is 0 Å². The molecule has 7 nitrogen and oxygen atoms in total. The first-order valence-electron chi connectivity index (χ1n) is 14.3. The Morgan fingerprint density at radius 3 is 2.21 bits per heavy atom. The fourth-order valence-corrected chi connectivity index (χ4v) is 4.92. The van der Waals surface area contributed by atoms with Gasteiger partial charge in [0, 0.05) is 13.2 Å². The zero-order valence-electron chi connectivity index (χ0n) is 24.0. The lowest BCUT2D eigenvalue weighted by Crippen LogP contribution is -2.37. The van der Waals surface area contributed by atoms with Gasteiger partial charge in [0.1, 0.15) is 11.6 Å². The predicted molar refractivity (Wildman–Crippen MR) is 166 cm³/mol. The lowest BCUT2D eigenvalue weighted by atomic mass is 10.0. The summed E-state index contributed by atoms with van der Waals surface area (Å²) in [5, 5.41) is 0.515. The summed E-state index contributed by atoms with van der Waals surface area (Å²) in [5.41, 5.74) is 4.20. The maximum atomic E-state index is 13.8. The molecule has 0 aliphatic carbocycles. The molecule has 0 aliphatic heterocycles. The van der Waals surface area contributed by atoms with Crippen molar-refractivity contribution in [3.05, 3.63) is 125 Å². The number of aromatic nitrogens is 2. The van der Waals surface area contributed by atoms with Crippen molar-refractivity contribution in [3.63, 3.8) is 0 Å². The monoisotopic (exact) mass is 561 g/mol. The van der Waals surface area contributed by atoms with Gasteiger partial charge in [0.25, 0.3) is 5.56 Å². The van der Waals surface area contributed by atoms with E-state index < -0.39 is 0 Å². The van der Waals surface area contributed by atoms with E-state index in [4.69, 9.17) is 14.5 Å². The molecule has 0 atom stereocenters. The number of fused-ring (bicyclic) bond motifs is 1. The molecule has 1 amide bonds. The maximum absolute atomic E-state index is 13.8. The number of hydrogen-bond donors (Lipinski definition) is 0. The number of hydrogen-bond acceptors (Lipinski definition) is 5. The summed E-state index contributed by atoms with van der Waals surface area (Å²) in [7, 11) is 0. The molecule has 0 aliphatic rings. The molecule has 0 spiro atoms. The van der Waals surface area contributed by atoms with E-state index in [0.717, 1.165) is 22.4 Å². The Kier molecular flexibility index (Phi) is 9.41. The number of amides is 1. The van der Waals surface area contributed by atoms with Crippen LogP contribution in [0.2, 0.25) is 0 Å². The van der Waals surface area contributed by atoms with Crippen LogP contribution < -0.4 is 10.3 Å². The molecule has 214 valence electrons. The molecular weight excluding hydrogens is 526 g/mol. The highest BCUT2D eigenvalue weighted by Gasteiger charge is 2.20. The highest BCUT2D eigenvalue weighted by atomic mass is 16.5. The predicted octanol–water partition coefficient (Wildman–Crippen LogP) is 6.06. The molecule has 4 aromatic carbocycles. The maximum Gasteiger partial charge on any atom is 0.266 e. The van der Waals surface area contributed by atoms with E-state index >= 15 is 0 Å². The van der Waals surface area contributed by atoms with Crippen molar-refractivity contribution < 1.29 is 14.3 Å². The minimum atomic E-state index is -0.187. The molecule has 7 heteroatoms. The summed E-state index contributed by atoms with van der Waals surface area (Å²) in [6.07, 6.45) is 0.224. The second kappa shape index (κ2) is 13.7. The number of para-hydroxylation sites is 1. The van der Waals surface area contributed by atoms with Crippen molar-refractivity contribution in [2.75, 3.05) is 26.4 Å². The second-order valence-corrected chi connectivity index (χ2v) is 9.86. The van der Waals surface area contributed by atoms with Crippen LogP contribution in [0.15, 0.2) is 108 Å². The molecule has 42 heavy (non-hydrogen) atoms. The third-order valence-electron chi connectivity index (χ3n) is 7.06. The third kappa shape index (κ3) is 6.75. The van der Waals surface area contributed by atoms with E-state index in [0.29, 0.717) is 48.8 Å². The quantitative estimate of drug-likeness (QED) is 0.173. The summed E-state index contributed by atoms with van der Waals surface area (Å²) < 4.78 is 12.8. The van der Waals surface area contributed by atoms with Crippen LogP contribution in [-0.2, 0) is 22.5 Å². The number of carbonyl (C=O) groups is 1. The van der Waals surface area contributed by atoms with Crippen LogP contribution in [0.5, 0.6) is 5.75 Å². The summed E-state index contributed by atoms with van der Waals surface area (Å²) in [4.78, 5) is 34.1. The molecule has 0 unspecified atom stereocenters. The second-order valence-electron chi connectivity index (χ2n) is 9.86. The fourth-order valence-electron chi connectivity index (χ4n) is 4.92. The Balaban J connectivity index is 1.46. The highest BCUT2D eigenvalue weighted by Crippen LogP contribution is 2.21. The number of nitrogens with zero attached hydrogens (tertiary/aromatic N) is 3. The number of ether oxygens (including phenoxy) is 2. The van der Waals surface area contributed by atoms with Gasteiger partial charge < -0.3 is 14.4 Å². The molecule has 1 heterocycles. The molecule has 0 saturated carbocycles. The first-order chi connectivity index (χ1) is 20.6. The number of carbonyl (C=O) groups excluding carboxylic acids is 1. The van der Waals surface area contributed by atoms with Gasteiger partial charge in [0.05, 0.1) is 42.8 Å². The van der Waals surface area contributed by atoms with Crippen LogP contribution in [-0.4, -0.2) is 46.7 Å². The Labute approximate surface area is 246 Å². The average Bonchev–Trinajstić information content (AvgIpc) is 3.02. The van der Waals surface area contributed by atoms with E-state index in [9.17, 15) is 9.59 Å². The van der Waals surface area contributed by atoms with Gasteiger partial charge in [0.15, 0.2) is 0 Å². The lowest BCUT2D eigenvalue weighted by molar-refractivity contribution is -0.132. The van der Waals surface area contributed by atoms with Crippen molar-refractivity contribution >= 4 is 16.8 Å². The summed E-state index contributed by atoms with van der Waals surface area (Å²) in [6, 6.07) is 32.8. The highest BCUT2D eigenvalue weighted by molar-refractivity contribution is 5.80. The molecule has 0 N–H and O–H groups in total. The van der Waals surface area contributed by atoms with Gasteiger partial charge in [-0.25, -0.2) is 4.98 Å². The van der Waals surface area contributed by atoms with E-state index in [1.807, 2.05) is 98.8 Å². The van der Waals surface area contributed by atoms with Gasteiger partial charge in [-0.3, -0.25) is 14.2 Å². The van der Waals surface area contributed by atoms with Gasteiger partial charge in [-0.05, 0) is 66.9 Å². The van der Waals surface area contributed by atoms with Gasteiger partial charge in [-0.15, -0.1) is 0 Å². The largest absolute Gasteiger partial charge is 0.494 e. The molecule has 1 aromatic heterocycles. The summed E-state index contributed by atoms with van der Waals surface area (Å²) in [5.74, 6) is 1.13. The smallest absolute Gasteiger partial charge is 0.266 e. The van der Waals surface area contributed by atoms with Gasteiger partial charge in [-0.2, -0.15) is 0 Å². The molecule has 5 aromatic rings. The summed E-state index contributed by atoms with van der Waals surface area (Å²) in [6.45, 7) is 5.87. The third-order valence-corrected chi connectivity index (χ3v) is 7.06. The van der Waals surface area contributed by atoms with E-state index in [2.05, 4.69) is 12.1 Å². The zero-order valence-corrected chi connectivity index (χ0v) is 24.0. The van der Waals surface area contributed by atoms with Crippen LogP contribution in [0.3, 0.4) is 0 Å². The average molecular weight is 562 g/mol. The minimum absolute atomic E-state index is 0.0668. The van der Waals surface area contributed by atoms with Gasteiger partial charge >= 0.3 is 0 Å². The molecule has 5 rings (SSSR count). The van der Waals surface area contributed by atoms with Crippen LogP contribution >= 0.6 is 0 Å². The Bertz CT molecular complexity index is 1680. The Hall–Kier alpha value is -4.75. The van der Waals surface area contributed by atoms with Crippen LogP contribution in [0.25, 0.3) is 27.7 Å². The number of benzene rings is 4. The Morgan fingerprint density at radius 2 is 1.50 bits per heavy atom. The first kappa shape index (κ1) is 28.8. The van der Waals surface area contributed by atoms with Gasteiger partial charge in [0.2, 0.25) is 5.91 Å². The van der Waals surface area contributed by atoms with Gasteiger partial charge in [-0.1, -0.05) is 66.7 Å². The van der Waals surface area contributed by atoms with Crippen molar-refractivity contribution in [1.29, 1.82) is 0 Å². The SMILES string of the molecule is CCOCCN(Cc1nc2ccccc2c(=O)n1-c1ccc(OCC)cc1)C(=O)Cc1ccc(-c2ccccc2)cc1. The molecule has 0 fully saturated rings. The molecule has 0 radical (unpaired) electrons. The molecular formula is C35H35N3O4. The summed E-state index contributed by atoms with van der Waals surface area (Å²) >= 11 is 0. The van der Waals surface area contributed by atoms with E-state index in [1.54, 1.807) is 15.5 Å². The molecule has 0 bridgehead atoms. The number of rotatable bonds is 12. The van der Waals surface area contributed by atoms with Crippen LogP contribution in [0.1, 0.15) is 25.2 Å². The normalized spacial score (nSPS) is 11.0. The fraction of sp³-hybridized carbons (Fsp3) is 0.229. The Morgan fingerprint density at radius 1 is 0.810 bits per heavy atom. The van der Waals surface area contributed by atoms with Crippen molar-refractivity contribution in [3.8, 4) is 22.6 Å². The topological polar surface area (TPSA) is 73.7 Å².